The van der Waals surface area contributed by atoms with Crippen molar-refractivity contribution in [2.24, 2.45) is 0 Å². The molecule has 1 aliphatic heterocycles. The van der Waals surface area contributed by atoms with Gasteiger partial charge in [0.1, 0.15) is 12.4 Å². The van der Waals surface area contributed by atoms with E-state index >= 15 is 0 Å². The average Bonchev–Trinajstić information content (AvgIpc) is 3.26. The Morgan fingerprint density at radius 2 is 1.73 bits per heavy atom. The quantitative estimate of drug-likeness (QED) is 0.377. The Labute approximate surface area is 199 Å². The Morgan fingerprint density at radius 3 is 2.39 bits per heavy atom. The molecular weight excluding hydrogens is 432 g/mol. The maximum absolute atomic E-state index is 12.8. The van der Waals surface area contributed by atoms with E-state index in [4.69, 9.17) is 4.74 Å². The first-order chi connectivity index (χ1) is 15.9. The summed E-state index contributed by atoms with van der Waals surface area (Å²) in [5.74, 6) is 0.605. The number of amides is 2. The summed E-state index contributed by atoms with van der Waals surface area (Å²) in [7, 11) is 0. The minimum Gasteiger partial charge on any atom is -0.489 e. The van der Waals surface area contributed by atoms with E-state index in [-0.39, 0.29) is 17.2 Å². The summed E-state index contributed by atoms with van der Waals surface area (Å²) < 4.78 is 8.05. The van der Waals surface area contributed by atoms with Gasteiger partial charge in [-0.3, -0.25) is 14.5 Å². The minimum absolute atomic E-state index is 0.0987. The van der Waals surface area contributed by atoms with Crippen molar-refractivity contribution in [1.29, 1.82) is 0 Å². The van der Waals surface area contributed by atoms with E-state index in [1.54, 1.807) is 0 Å². The molecule has 0 unspecified atom stereocenters. The molecule has 1 aliphatic rings. The molecule has 2 heterocycles. The monoisotopic (exact) mass is 460 g/mol. The van der Waals surface area contributed by atoms with Gasteiger partial charge in [-0.25, -0.2) is 0 Å². The van der Waals surface area contributed by atoms with Gasteiger partial charge in [-0.05, 0) is 86.5 Å². The van der Waals surface area contributed by atoms with E-state index in [1.165, 1.54) is 4.90 Å². The topological polar surface area (TPSA) is 51.5 Å². The van der Waals surface area contributed by atoms with Crippen LogP contribution in [0.4, 0.5) is 4.79 Å². The predicted octanol–water partition coefficient (Wildman–Crippen LogP) is 6.51. The highest BCUT2D eigenvalue weighted by molar-refractivity contribution is 8.18. The van der Waals surface area contributed by atoms with E-state index < -0.39 is 0 Å². The number of thioether (sulfide) groups is 1. The Hall–Kier alpha value is -3.25. The van der Waals surface area contributed by atoms with Crippen LogP contribution in [0.5, 0.6) is 5.75 Å². The molecule has 6 heteroatoms. The zero-order chi connectivity index (χ0) is 23.5. The number of aromatic nitrogens is 1. The summed E-state index contributed by atoms with van der Waals surface area (Å²) in [6.07, 6.45) is 2.58. The maximum Gasteiger partial charge on any atom is 0.293 e. The van der Waals surface area contributed by atoms with Crippen LogP contribution < -0.4 is 4.74 Å². The van der Waals surface area contributed by atoms with Crippen LogP contribution in [-0.4, -0.2) is 26.7 Å². The van der Waals surface area contributed by atoms with Crippen LogP contribution in [0, 0.1) is 13.8 Å². The summed E-state index contributed by atoms with van der Waals surface area (Å²) >= 11 is 1.02. The van der Waals surface area contributed by atoms with Crippen LogP contribution in [0.3, 0.4) is 0 Å². The van der Waals surface area contributed by atoms with E-state index in [0.29, 0.717) is 11.5 Å². The van der Waals surface area contributed by atoms with E-state index in [9.17, 15) is 9.59 Å². The molecular formula is C27H28N2O3S. The molecule has 0 aliphatic carbocycles. The van der Waals surface area contributed by atoms with Gasteiger partial charge in [0.05, 0.1) is 4.91 Å². The number of imide groups is 1. The fraction of sp³-hybridized carbons (Fsp3) is 0.259. The molecule has 1 aromatic heterocycles. The van der Waals surface area contributed by atoms with Crippen molar-refractivity contribution in [1.82, 2.24) is 9.47 Å². The summed E-state index contributed by atoms with van der Waals surface area (Å²) in [6.45, 7) is 8.46. The molecule has 5 nitrogen and oxygen atoms in total. The third-order valence-electron chi connectivity index (χ3n) is 5.96. The van der Waals surface area contributed by atoms with Crippen LogP contribution in [-0.2, 0) is 11.4 Å². The lowest BCUT2D eigenvalue weighted by Gasteiger charge is -2.19. The summed E-state index contributed by atoms with van der Waals surface area (Å²) in [5, 5.41) is -0.194. The molecule has 0 spiro atoms. The molecule has 1 fully saturated rings. The molecule has 33 heavy (non-hydrogen) atoms. The first-order valence-electron chi connectivity index (χ1n) is 11.1. The van der Waals surface area contributed by atoms with Crippen LogP contribution in [0.25, 0.3) is 11.8 Å². The maximum atomic E-state index is 12.8. The van der Waals surface area contributed by atoms with E-state index in [1.807, 2.05) is 94.4 Å². The van der Waals surface area contributed by atoms with Gasteiger partial charge in [0.15, 0.2) is 0 Å². The second-order valence-electron chi connectivity index (χ2n) is 8.24. The van der Waals surface area contributed by atoms with Crippen LogP contribution in [0.15, 0.2) is 65.6 Å². The third-order valence-corrected chi connectivity index (χ3v) is 6.84. The fourth-order valence-electron chi connectivity index (χ4n) is 3.95. The lowest BCUT2D eigenvalue weighted by Crippen LogP contribution is -2.36. The van der Waals surface area contributed by atoms with Gasteiger partial charge < -0.3 is 9.30 Å². The second kappa shape index (κ2) is 9.71. The van der Waals surface area contributed by atoms with Crippen LogP contribution in [0.2, 0.25) is 0 Å². The minimum atomic E-state index is -0.205. The van der Waals surface area contributed by atoms with Crippen molar-refractivity contribution >= 4 is 29.0 Å². The number of hydrogen-bond donors (Lipinski definition) is 0. The van der Waals surface area contributed by atoms with Gasteiger partial charge in [-0.1, -0.05) is 37.3 Å². The standard InChI is InChI=1S/C27H28N2O3S/c1-5-18(2)29-26(30)25(33-27(29)31)16-22-15-19(3)28(20(22)4)23-11-13-24(14-12-23)32-17-21-9-7-6-8-10-21/h6-16,18H,5,17H2,1-4H3/b25-16+/t18-/m0/s1. The Morgan fingerprint density at radius 1 is 1.03 bits per heavy atom. The molecule has 0 radical (unpaired) electrons. The second-order valence-corrected chi connectivity index (χ2v) is 9.23. The third kappa shape index (κ3) is 4.76. The Balaban J connectivity index is 1.54. The molecule has 0 N–H and O–H groups in total. The summed E-state index contributed by atoms with van der Waals surface area (Å²) in [5.41, 5.74) is 5.15. The molecule has 1 saturated heterocycles. The normalized spacial score (nSPS) is 16.0. The van der Waals surface area contributed by atoms with Gasteiger partial charge in [0.25, 0.3) is 11.1 Å². The highest BCUT2D eigenvalue weighted by Gasteiger charge is 2.37. The lowest BCUT2D eigenvalue weighted by atomic mass is 10.2. The molecule has 170 valence electrons. The van der Waals surface area contributed by atoms with Crippen molar-refractivity contribution in [3.63, 3.8) is 0 Å². The van der Waals surface area contributed by atoms with Crippen molar-refractivity contribution in [3.8, 4) is 11.4 Å². The fourth-order valence-corrected chi connectivity index (χ4v) is 4.87. The summed E-state index contributed by atoms with van der Waals surface area (Å²) in [4.78, 5) is 27.0. The van der Waals surface area contributed by atoms with E-state index in [2.05, 4.69) is 4.57 Å². The highest BCUT2D eigenvalue weighted by Crippen LogP contribution is 2.35. The first-order valence-corrected chi connectivity index (χ1v) is 11.9. The number of hydrogen-bond acceptors (Lipinski definition) is 4. The van der Waals surface area contributed by atoms with Crippen LogP contribution >= 0.6 is 11.8 Å². The smallest absolute Gasteiger partial charge is 0.293 e. The Bertz CT molecular complexity index is 1200. The molecule has 2 aromatic carbocycles. The van der Waals surface area contributed by atoms with Crippen LogP contribution in [0.1, 0.15) is 42.8 Å². The number of carbonyl (C=O) groups is 2. The predicted molar refractivity (Wildman–Crippen MR) is 134 cm³/mol. The van der Waals surface area contributed by atoms with Crippen molar-refractivity contribution in [2.45, 2.75) is 46.8 Å². The molecule has 2 amide bonds. The number of carbonyl (C=O) groups excluding carboxylic acids is 2. The largest absolute Gasteiger partial charge is 0.489 e. The molecule has 4 rings (SSSR count). The van der Waals surface area contributed by atoms with Gasteiger partial charge in [-0.2, -0.15) is 0 Å². The molecule has 1 atom stereocenters. The molecule has 3 aromatic rings. The van der Waals surface area contributed by atoms with Crippen molar-refractivity contribution < 1.29 is 14.3 Å². The van der Waals surface area contributed by atoms with Gasteiger partial charge in [0.2, 0.25) is 0 Å². The number of aryl methyl sites for hydroxylation is 1. The highest BCUT2D eigenvalue weighted by atomic mass is 32.2. The molecule has 0 bridgehead atoms. The van der Waals surface area contributed by atoms with Crippen molar-refractivity contribution in [2.75, 3.05) is 0 Å². The van der Waals surface area contributed by atoms with Gasteiger partial charge >= 0.3 is 0 Å². The molecule has 0 saturated carbocycles. The zero-order valence-corrected chi connectivity index (χ0v) is 20.2. The van der Waals surface area contributed by atoms with Crippen molar-refractivity contribution in [3.05, 3.63) is 88.1 Å². The first kappa shape index (κ1) is 22.9. The van der Waals surface area contributed by atoms with Gasteiger partial charge in [-0.15, -0.1) is 0 Å². The number of nitrogens with zero attached hydrogens (tertiary/aromatic N) is 2. The number of ether oxygens (including phenoxy) is 1. The Kier molecular flexibility index (Phi) is 6.75. The average molecular weight is 461 g/mol. The number of rotatable bonds is 7. The zero-order valence-electron chi connectivity index (χ0n) is 19.4. The number of benzene rings is 2. The summed E-state index contributed by atoms with van der Waals surface area (Å²) in [6, 6.07) is 20.0. The van der Waals surface area contributed by atoms with E-state index in [0.717, 1.165) is 52.1 Å². The van der Waals surface area contributed by atoms with Gasteiger partial charge in [0, 0.05) is 23.1 Å². The lowest BCUT2D eigenvalue weighted by molar-refractivity contribution is -0.124. The SMILES string of the molecule is CC[C@H](C)N1C(=O)S/C(=C/c2cc(C)n(-c3ccc(OCc4ccccc4)cc3)c2C)C1=O.